The number of aliphatic hydroxyl groups is 1. The van der Waals surface area contributed by atoms with Crippen LogP contribution in [-0.2, 0) is 14.8 Å². The van der Waals surface area contributed by atoms with Crippen LogP contribution in [0.2, 0.25) is 4.34 Å². The number of hydrogen-bond acceptors (Lipinski definition) is 5. The van der Waals surface area contributed by atoms with E-state index in [0.717, 1.165) is 11.3 Å². The quantitative estimate of drug-likeness (QED) is 0.721. The van der Waals surface area contributed by atoms with E-state index in [1.54, 1.807) is 6.92 Å². The van der Waals surface area contributed by atoms with Crippen molar-refractivity contribution >= 4 is 38.9 Å². The van der Waals surface area contributed by atoms with Gasteiger partial charge in [-0.15, -0.1) is 11.3 Å². The van der Waals surface area contributed by atoms with Crippen molar-refractivity contribution in [3.05, 3.63) is 16.0 Å². The largest absolute Gasteiger partial charge is 0.479 e. The molecule has 9 heteroatoms. The molecule has 1 aromatic heterocycles. The molecule has 0 aliphatic carbocycles. The van der Waals surface area contributed by atoms with E-state index >= 15 is 0 Å². The van der Waals surface area contributed by atoms with Crippen LogP contribution >= 0.6 is 22.9 Å². The second-order valence-corrected chi connectivity index (χ2v) is 7.21. The third-order valence-electron chi connectivity index (χ3n) is 2.09. The maximum Gasteiger partial charge on any atom is 0.332 e. The zero-order valence-electron chi connectivity index (χ0n) is 9.38. The van der Waals surface area contributed by atoms with Crippen LogP contribution in [0.5, 0.6) is 0 Å². The third-order valence-corrected chi connectivity index (χ3v) is 5.58. The van der Waals surface area contributed by atoms with Gasteiger partial charge in [-0.05, 0) is 25.0 Å². The molecule has 18 heavy (non-hydrogen) atoms. The number of sulfonamides is 1. The Balaban J connectivity index is 2.63. The highest BCUT2D eigenvalue weighted by molar-refractivity contribution is 7.91. The summed E-state index contributed by atoms with van der Waals surface area (Å²) in [6.07, 6.45) is -1.78. The molecule has 6 nitrogen and oxygen atoms in total. The van der Waals surface area contributed by atoms with E-state index < -0.39 is 22.1 Å². The number of aryl methyl sites for hydroxylation is 1. The molecule has 0 fully saturated rings. The fourth-order valence-electron chi connectivity index (χ4n) is 1.09. The van der Waals surface area contributed by atoms with Gasteiger partial charge < -0.3 is 10.2 Å². The van der Waals surface area contributed by atoms with E-state index in [1.165, 1.54) is 6.07 Å². The Labute approximate surface area is 113 Å². The van der Waals surface area contributed by atoms with Gasteiger partial charge in [0.1, 0.15) is 4.21 Å². The van der Waals surface area contributed by atoms with Gasteiger partial charge in [-0.25, -0.2) is 17.9 Å². The number of aliphatic hydroxyl groups excluding tert-OH is 1. The average molecular weight is 314 g/mol. The molecule has 0 radical (unpaired) electrons. The average Bonchev–Trinajstić information content (AvgIpc) is 2.59. The van der Waals surface area contributed by atoms with Crippen LogP contribution in [0.3, 0.4) is 0 Å². The molecule has 3 N–H and O–H groups in total. The smallest absolute Gasteiger partial charge is 0.332 e. The normalized spacial score (nSPS) is 13.5. The lowest BCUT2D eigenvalue weighted by Crippen LogP contribution is -2.29. The zero-order chi connectivity index (χ0) is 13.9. The van der Waals surface area contributed by atoms with Gasteiger partial charge >= 0.3 is 5.97 Å². The number of nitrogens with one attached hydrogen (secondary N) is 1. The number of carbonyl (C=O) groups is 1. The summed E-state index contributed by atoms with van der Waals surface area (Å²) in [6.45, 7) is 1.52. The standard InChI is InChI=1S/C9H12ClNO5S2/c1-5-4-7(17-8(5)10)18(15,16)11-3-2-6(12)9(13)14/h4,6,11-12H,2-3H2,1H3,(H,13,14)/t6-/m0/s1. The van der Waals surface area contributed by atoms with Crippen LogP contribution in [0.25, 0.3) is 0 Å². The number of carboxylic acids is 1. The Kier molecular flexibility index (Phi) is 5.11. The van der Waals surface area contributed by atoms with Gasteiger partial charge in [0.2, 0.25) is 10.0 Å². The van der Waals surface area contributed by atoms with Crippen LogP contribution in [0.1, 0.15) is 12.0 Å². The van der Waals surface area contributed by atoms with Gasteiger partial charge in [0, 0.05) is 6.54 Å². The predicted molar refractivity (Wildman–Crippen MR) is 67.5 cm³/mol. The van der Waals surface area contributed by atoms with Crippen molar-refractivity contribution in [2.75, 3.05) is 6.54 Å². The Morgan fingerprint density at radius 3 is 2.67 bits per heavy atom. The summed E-state index contributed by atoms with van der Waals surface area (Å²) >= 11 is 6.69. The van der Waals surface area contributed by atoms with Crippen molar-refractivity contribution < 1.29 is 23.4 Å². The first-order valence-corrected chi connectivity index (χ1v) is 7.58. The summed E-state index contributed by atoms with van der Waals surface area (Å²) in [6, 6.07) is 1.43. The highest BCUT2D eigenvalue weighted by Crippen LogP contribution is 2.29. The first kappa shape index (κ1) is 15.4. The molecule has 1 aromatic rings. The lowest BCUT2D eigenvalue weighted by Gasteiger charge is -2.06. The van der Waals surface area contributed by atoms with Gasteiger partial charge in [-0.2, -0.15) is 0 Å². The lowest BCUT2D eigenvalue weighted by molar-refractivity contribution is -0.146. The highest BCUT2D eigenvalue weighted by Gasteiger charge is 2.19. The number of halogens is 1. The maximum absolute atomic E-state index is 11.8. The molecule has 0 saturated carbocycles. The van der Waals surface area contributed by atoms with Gasteiger partial charge in [0.15, 0.2) is 6.10 Å². The molecule has 0 aliphatic heterocycles. The topological polar surface area (TPSA) is 104 Å². The van der Waals surface area contributed by atoms with Crippen molar-refractivity contribution in [3.63, 3.8) is 0 Å². The van der Waals surface area contributed by atoms with Crippen molar-refractivity contribution in [2.24, 2.45) is 0 Å². The van der Waals surface area contributed by atoms with Crippen LogP contribution in [-0.4, -0.2) is 37.2 Å². The van der Waals surface area contributed by atoms with E-state index in [0.29, 0.717) is 9.90 Å². The van der Waals surface area contributed by atoms with Crippen molar-refractivity contribution in [1.82, 2.24) is 4.72 Å². The molecule has 0 aliphatic rings. The van der Waals surface area contributed by atoms with Crippen molar-refractivity contribution in [2.45, 2.75) is 23.7 Å². The molecule has 0 aromatic carbocycles. The van der Waals surface area contributed by atoms with Crippen LogP contribution < -0.4 is 4.72 Å². The summed E-state index contributed by atoms with van der Waals surface area (Å²) in [4.78, 5) is 10.3. The number of aliphatic carboxylic acids is 1. The van der Waals surface area contributed by atoms with E-state index in [9.17, 15) is 13.2 Å². The Bertz CT molecular complexity index is 520. The first-order chi connectivity index (χ1) is 8.24. The van der Waals surface area contributed by atoms with Gasteiger partial charge in [-0.3, -0.25) is 0 Å². The molecular weight excluding hydrogens is 302 g/mol. The van der Waals surface area contributed by atoms with Crippen LogP contribution in [0, 0.1) is 6.92 Å². The Morgan fingerprint density at radius 1 is 1.61 bits per heavy atom. The van der Waals surface area contributed by atoms with Gasteiger partial charge in [-0.1, -0.05) is 11.6 Å². The SMILES string of the molecule is Cc1cc(S(=O)(=O)NCC[C@H](O)C(=O)O)sc1Cl. The van der Waals surface area contributed by atoms with E-state index in [-0.39, 0.29) is 17.2 Å². The lowest BCUT2D eigenvalue weighted by atomic mass is 10.3. The number of thiophene rings is 1. The summed E-state index contributed by atoms with van der Waals surface area (Å²) < 4.78 is 26.2. The fourth-order valence-corrected chi connectivity index (χ4v) is 3.89. The summed E-state index contributed by atoms with van der Waals surface area (Å²) in [5.74, 6) is -1.38. The Hall–Kier alpha value is -0.670. The molecule has 1 atom stereocenters. The van der Waals surface area contributed by atoms with Crippen LogP contribution in [0.15, 0.2) is 10.3 Å². The second-order valence-electron chi connectivity index (χ2n) is 3.56. The number of rotatable bonds is 6. The number of hydrogen-bond donors (Lipinski definition) is 3. The summed E-state index contributed by atoms with van der Waals surface area (Å²) in [5, 5.41) is 17.4. The summed E-state index contributed by atoms with van der Waals surface area (Å²) in [5.41, 5.74) is 0.660. The molecule has 102 valence electrons. The molecule has 1 rings (SSSR count). The minimum atomic E-state index is -3.70. The molecule has 1 heterocycles. The molecule has 0 unspecified atom stereocenters. The van der Waals surface area contributed by atoms with Crippen molar-refractivity contribution in [1.29, 1.82) is 0 Å². The first-order valence-electron chi connectivity index (χ1n) is 4.90. The highest BCUT2D eigenvalue weighted by atomic mass is 35.5. The monoisotopic (exact) mass is 313 g/mol. The minimum Gasteiger partial charge on any atom is -0.479 e. The third kappa shape index (κ3) is 3.92. The predicted octanol–water partition coefficient (Wildman–Crippen LogP) is 0.824. The zero-order valence-corrected chi connectivity index (χ0v) is 11.8. The molecule has 0 saturated heterocycles. The fraction of sp³-hybridized carbons (Fsp3) is 0.444. The van der Waals surface area contributed by atoms with Crippen molar-refractivity contribution in [3.8, 4) is 0 Å². The molecular formula is C9H12ClNO5S2. The van der Waals surface area contributed by atoms with Gasteiger partial charge in [0.05, 0.1) is 4.34 Å². The van der Waals surface area contributed by atoms with E-state index in [4.69, 9.17) is 21.8 Å². The van der Waals surface area contributed by atoms with E-state index in [2.05, 4.69) is 4.72 Å². The maximum atomic E-state index is 11.8. The van der Waals surface area contributed by atoms with E-state index in [1.807, 2.05) is 0 Å². The molecule has 0 bridgehead atoms. The number of carboxylic acid groups (broad SMARTS) is 1. The molecule has 0 spiro atoms. The van der Waals surface area contributed by atoms with Gasteiger partial charge in [0.25, 0.3) is 0 Å². The minimum absolute atomic E-state index is 0.0646. The van der Waals surface area contributed by atoms with Crippen LogP contribution in [0.4, 0.5) is 0 Å². The second kappa shape index (κ2) is 5.98. The molecule has 0 amide bonds. The summed E-state index contributed by atoms with van der Waals surface area (Å²) in [7, 11) is -3.70. The Morgan fingerprint density at radius 2 is 2.22 bits per heavy atom.